The number of methoxy groups -OCH3 is 1. The third-order valence-corrected chi connectivity index (χ3v) is 3.79. The highest BCUT2D eigenvalue weighted by Gasteiger charge is 2.41. The number of nitrogens with one attached hydrogen (secondary N) is 2. The molecule has 4 heteroatoms. The number of amides is 1. The van der Waals surface area contributed by atoms with E-state index in [1.54, 1.807) is 7.11 Å². The molecule has 0 aliphatic carbocycles. The molecule has 1 aliphatic rings. The van der Waals surface area contributed by atoms with Crippen LogP contribution in [0.3, 0.4) is 0 Å². The molecule has 104 valence electrons. The Morgan fingerprint density at radius 2 is 2.26 bits per heavy atom. The molecule has 0 spiro atoms. The summed E-state index contributed by atoms with van der Waals surface area (Å²) in [6.07, 6.45) is 0.817. The van der Waals surface area contributed by atoms with Gasteiger partial charge in [0.2, 0.25) is 5.91 Å². The summed E-state index contributed by atoms with van der Waals surface area (Å²) in [6, 6.07) is 6.09. The lowest BCUT2D eigenvalue weighted by Crippen LogP contribution is -2.41. The predicted octanol–water partition coefficient (Wildman–Crippen LogP) is 1.87. The van der Waals surface area contributed by atoms with Gasteiger partial charge in [0, 0.05) is 19.3 Å². The first-order valence-corrected chi connectivity index (χ1v) is 6.66. The molecule has 0 aromatic heterocycles. The number of hydrogen-bond donors (Lipinski definition) is 2. The van der Waals surface area contributed by atoms with Gasteiger partial charge in [-0.25, -0.2) is 0 Å². The summed E-state index contributed by atoms with van der Waals surface area (Å²) in [5.41, 5.74) is 2.68. The molecular formula is C15H22N2O2. The van der Waals surface area contributed by atoms with Gasteiger partial charge in [-0.2, -0.15) is 0 Å². The van der Waals surface area contributed by atoms with Gasteiger partial charge in [0.05, 0.1) is 12.0 Å². The number of aryl methyl sites for hydroxylation is 2. The molecule has 0 saturated carbocycles. The Morgan fingerprint density at radius 1 is 1.47 bits per heavy atom. The van der Waals surface area contributed by atoms with E-state index in [2.05, 4.69) is 10.6 Å². The van der Waals surface area contributed by atoms with Gasteiger partial charge >= 0.3 is 0 Å². The number of ether oxygens (including phenoxy) is 1. The van der Waals surface area contributed by atoms with Crippen molar-refractivity contribution in [2.24, 2.45) is 5.41 Å². The van der Waals surface area contributed by atoms with Crippen molar-refractivity contribution in [3.63, 3.8) is 0 Å². The Labute approximate surface area is 114 Å². The van der Waals surface area contributed by atoms with Crippen LogP contribution in [0.4, 0.5) is 5.69 Å². The normalized spacial score (nSPS) is 22.5. The zero-order valence-corrected chi connectivity index (χ0v) is 11.9. The third kappa shape index (κ3) is 2.96. The standard InChI is InChI=1S/C15H22N2O2/c1-11-4-5-12(2)13(8-11)17-14(18)15(10-19-3)6-7-16-9-15/h4-5,8,16H,6-7,9-10H2,1-3H3,(H,17,18). The van der Waals surface area contributed by atoms with Gasteiger partial charge in [-0.3, -0.25) is 4.79 Å². The Kier molecular flexibility index (Phi) is 4.22. The molecule has 1 heterocycles. The molecule has 4 nitrogen and oxygen atoms in total. The van der Waals surface area contributed by atoms with Crippen LogP contribution >= 0.6 is 0 Å². The zero-order chi connectivity index (χ0) is 13.9. The van der Waals surface area contributed by atoms with Gasteiger partial charge in [0.25, 0.3) is 0 Å². The van der Waals surface area contributed by atoms with Crippen LogP contribution in [0, 0.1) is 19.3 Å². The summed E-state index contributed by atoms with van der Waals surface area (Å²) >= 11 is 0. The van der Waals surface area contributed by atoms with E-state index in [1.807, 2.05) is 32.0 Å². The van der Waals surface area contributed by atoms with E-state index >= 15 is 0 Å². The van der Waals surface area contributed by atoms with Crippen LogP contribution in [0.1, 0.15) is 17.5 Å². The summed E-state index contributed by atoms with van der Waals surface area (Å²) in [4.78, 5) is 12.6. The van der Waals surface area contributed by atoms with Gasteiger partial charge < -0.3 is 15.4 Å². The topological polar surface area (TPSA) is 50.4 Å². The first-order valence-electron chi connectivity index (χ1n) is 6.66. The average molecular weight is 262 g/mol. The van der Waals surface area contributed by atoms with Crippen LogP contribution in [-0.2, 0) is 9.53 Å². The van der Waals surface area contributed by atoms with Crippen LogP contribution in [0.2, 0.25) is 0 Å². The smallest absolute Gasteiger partial charge is 0.234 e. The minimum absolute atomic E-state index is 0.0491. The second-order valence-corrected chi connectivity index (χ2v) is 5.41. The van der Waals surface area contributed by atoms with Crippen molar-refractivity contribution in [3.05, 3.63) is 29.3 Å². The van der Waals surface area contributed by atoms with Crippen molar-refractivity contribution in [3.8, 4) is 0 Å². The SMILES string of the molecule is COCC1(C(=O)Nc2cc(C)ccc2C)CCNC1. The molecule has 19 heavy (non-hydrogen) atoms. The largest absolute Gasteiger partial charge is 0.384 e. The van der Waals surface area contributed by atoms with Crippen molar-refractivity contribution < 1.29 is 9.53 Å². The maximum absolute atomic E-state index is 12.6. The van der Waals surface area contributed by atoms with Gasteiger partial charge in [-0.1, -0.05) is 12.1 Å². The van der Waals surface area contributed by atoms with E-state index in [-0.39, 0.29) is 5.91 Å². The quantitative estimate of drug-likeness (QED) is 0.871. The Morgan fingerprint density at radius 3 is 2.89 bits per heavy atom. The van der Waals surface area contributed by atoms with Crippen molar-refractivity contribution in [2.75, 3.05) is 32.1 Å². The molecule has 1 amide bonds. The Balaban J connectivity index is 2.17. The highest BCUT2D eigenvalue weighted by Crippen LogP contribution is 2.28. The zero-order valence-electron chi connectivity index (χ0n) is 11.9. The first-order chi connectivity index (χ1) is 9.07. The highest BCUT2D eigenvalue weighted by molar-refractivity contribution is 5.96. The summed E-state index contributed by atoms with van der Waals surface area (Å²) in [6.45, 7) is 6.03. The van der Waals surface area contributed by atoms with Crippen molar-refractivity contribution in [1.82, 2.24) is 5.32 Å². The van der Waals surface area contributed by atoms with Crippen LogP contribution in [0.15, 0.2) is 18.2 Å². The molecule has 1 unspecified atom stereocenters. The molecule has 1 saturated heterocycles. The minimum Gasteiger partial charge on any atom is -0.384 e. The van der Waals surface area contributed by atoms with Crippen molar-refractivity contribution >= 4 is 11.6 Å². The lowest BCUT2D eigenvalue weighted by atomic mass is 9.87. The van der Waals surface area contributed by atoms with E-state index in [9.17, 15) is 4.79 Å². The number of rotatable bonds is 4. The van der Waals surface area contributed by atoms with Crippen molar-refractivity contribution in [2.45, 2.75) is 20.3 Å². The molecule has 1 atom stereocenters. The molecule has 1 fully saturated rings. The molecule has 2 N–H and O–H groups in total. The molecule has 1 aliphatic heterocycles. The highest BCUT2D eigenvalue weighted by atomic mass is 16.5. The monoisotopic (exact) mass is 262 g/mol. The number of carbonyl (C=O) groups excluding carboxylic acids is 1. The third-order valence-electron chi connectivity index (χ3n) is 3.79. The summed E-state index contributed by atoms with van der Waals surface area (Å²) in [7, 11) is 1.64. The fourth-order valence-corrected chi connectivity index (χ4v) is 2.53. The van der Waals surface area contributed by atoms with Crippen LogP contribution in [0.25, 0.3) is 0 Å². The maximum Gasteiger partial charge on any atom is 0.234 e. The lowest BCUT2D eigenvalue weighted by Gasteiger charge is -2.26. The van der Waals surface area contributed by atoms with E-state index < -0.39 is 5.41 Å². The fraction of sp³-hybridized carbons (Fsp3) is 0.533. The van der Waals surface area contributed by atoms with Crippen LogP contribution in [0.5, 0.6) is 0 Å². The summed E-state index contributed by atoms with van der Waals surface area (Å²) < 4.78 is 5.24. The number of carbonyl (C=O) groups is 1. The van der Waals surface area contributed by atoms with Crippen molar-refractivity contribution in [1.29, 1.82) is 0 Å². The van der Waals surface area contributed by atoms with Gasteiger partial charge in [0.1, 0.15) is 0 Å². The van der Waals surface area contributed by atoms with Gasteiger partial charge in [0.15, 0.2) is 0 Å². The van der Waals surface area contributed by atoms with E-state index in [0.29, 0.717) is 13.2 Å². The number of anilines is 1. The van der Waals surface area contributed by atoms with Gasteiger partial charge in [-0.05, 0) is 44.0 Å². The number of benzene rings is 1. The number of hydrogen-bond acceptors (Lipinski definition) is 3. The fourth-order valence-electron chi connectivity index (χ4n) is 2.53. The molecule has 0 bridgehead atoms. The van der Waals surface area contributed by atoms with Crippen LogP contribution in [-0.4, -0.2) is 32.7 Å². The Hall–Kier alpha value is -1.39. The minimum atomic E-state index is -0.440. The molecule has 1 aromatic carbocycles. The first kappa shape index (κ1) is 14.0. The second kappa shape index (κ2) is 5.72. The molecule has 1 aromatic rings. The summed E-state index contributed by atoms with van der Waals surface area (Å²) in [5, 5.41) is 6.31. The predicted molar refractivity (Wildman–Crippen MR) is 76.3 cm³/mol. The Bertz CT molecular complexity index is 465. The molecule has 2 rings (SSSR count). The van der Waals surface area contributed by atoms with Crippen LogP contribution < -0.4 is 10.6 Å². The van der Waals surface area contributed by atoms with E-state index in [0.717, 1.165) is 29.8 Å². The van der Waals surface area contributed by atoms with Gasteiger partial charge in [-0.15, -0.1) is 0 Å². The maximum atomic E-state index is 12.6. The second-order valence-electron chi connectivity index (χ2n) is 5.41. The summed E-state index contributed by atoms with van der Waals surface area (Å²) in [5.74, 6) is 0.0491. The van der Waals surface area contributed by atoms with E-state index in [4.69, 9.17) is 4.74 Å². The lowest BCUT2D eigenvalue weighted by molar-refractivity contribution is -0.127. The van der Waals surface area contributed by atoms with E-state index in [1.165, 1.54) is 0 Å². The molecular weight excluding hydrogens is 240 g/mol. The molecule has 0 radical (unpaired) electrons. The average Bonchev–Trinajstić information content (AvgIpc) is 2.84.